The quantitative estimate of drug-likeness (QED) is 0.626. The Balaban J connectivity index is 0.000000107. The molecule has 0 aromatic heterocycles. The van der Waals surface area contributed by atoms with Gasteiger partial charge in [0.25, 0.3) is 0 Å². The summed E-state index contributed by atoms with van der Waals surface area (Å²) in [6.45, 7) is 7.01. The average molecular weight is 239 g/mol. The van der Waals surface area contributed by atoms with Crippen molar-refractivity contribution in [1.29, 1.82) is 0 Å². The van der Waals surface area contributed by atoms with Crippen LogP contribution in [-0.4, -0.2) is 62.9 Å². The average Bonchev–Trinajstić information content (AvgIpc) is 2.88. The van der Waals surface area contributed by atoms with E-state index in [9.17, 15) is 0 Å². The fourth-order valence-corrected chi connectivity index (χ4v) is 3.50. The minimum atomic E-state index is 0.306. The Morgan fingerprint density at radius 2 is 2.18 bits per heavy atom. The number of ether oxygens (including phenoxy) is 1. The van der Waals surface area contributed by atoms with Crippen LogP contribution in [0.15, 0.2) is 0 Å². The Kier molecular flexibility index (Phi) is 3.39. The Morgan fingerprint density at radius 3 is 2.71 bits per heavy atom. The van der Waals surface area contributed by atoms with Crippen LogP contribution in [0.1, 0.15) is 19.3 Å². The van der Waals surface area contributed by atoms with Crippen molar-refractivity contribution in [3.8, 4) is 0 Å². The smallest absolute Gasteiger partial charge is 0.0930 e. The van der Waals surface area contributed by atoms with Crippen molar-refractivity contribution in [2.45, 2.75) is 30.9 Å². The fraction of sp³-hybridized carbons (Fsp3) is 1.00. The van der Waals surface area contributed by atoms with E-state index in [1.54, 1.807) is 0 Å². The highest BCUT2D eigenvalue weighted by Gasteiger charge is 2.40. The van der Waals surface area contributed by atoms with Crippen molar-refractivity contribution in [3.63, 3.8) is 0 Å². The summed E-state index contributed by atoms with van der Waals surface area (Å²) in [5, 5.41) is 6.73. The molecule has 0 aliphatic carbocycles. The van der Waals surface area contributed by atoms with Gasteiger partial charge in [0.2, 0.25) is 0 Å². The zero-order valence-corrected chi connectivity index (χ0v) is 10.9. The summed E-state index contributed by atoms with van der Waals surface area (Å²) in [6.07, 6.45) is 3.94. The predicted molar refractivity (Wildman–Crippen MR) is 68.2 cm³/mol. The minimum absolute atomic E-state index is 0.306. The van der Waals surface area contributed by atoms with Gasteiger partial charge in [-0.2, -0.15) is 0 Å². The van der Waals surface area contributed by atoms with Crippen molar-refractivity contribution in [2.24, 2.45) is 5.92 Å². The van der Waals surface area contributed by atoms with Crippen LogP contribution in [-0.2, 0) is 4.74 Å². The monoisotopic (exact) mass is 239 g/mol. The Morgan fingerprint density at radius 1 is 1.29 bits per heavy atom. The number of hydrogen-bond donors (Lipinski definition) is 2. The zero-order valence-electron chi connectivity index (χ0n) is 10.9. The highest BCUT2D eigenvalue weighted by molar-refractivity contribution is 4.97. The number of likely N-dealkylation sites (tertiary alicyclic amines) is 1. The molecule has 0 amide bonds. The number of fused-ring (bicyclic) bond motifs is 1. The first kappa shape index (κ1) is 11.9. The molecule has 4 heteroatoms. The lowest BCUT2D eigenvalue weighted by Gasteiger charge is -2.37. The summed E-state index contributed by atoms with van der Waals surface area (Å²) in [7, 11) is 2.21. The number of nitrogens with zero attached hydrogens (tertiary/aromatic N) is 1. The summed E-state index contributed by atoms with van der Waals surface area (Å²) in [6, 6.07) is 0.829. The van der Waals surface area contributed by atoms with Crippen molar-refractivity contribution < 1.29 is 4.74 Å². The van der Waals surface area contributed by atoms with Crippen LogP contribution in [0.2, 0.25) is 0 Å². The van der Waals surface area contributed by atoms with Gasteiger partial charge >= 0.3 is 0 Å². The molecule has 4 heterocycles. The van der Waals surface area contributed by atoms with E-state index in [1.165, 1.54) is 38.9 Å². The second kappa shape index (κ2) is 4.84. The second-order valence-electron chi connectivity index (χ2n) is 6.07. The van der Waals surface area contributed by atoms with Crippen LogP contribution < -0.4 is 10.6 Å². The van der Waals surface area contributed by atoms with Gasteiger partial charge in [-0.15, -0.1) is 0 Å². The SMILES string of the molecule is C1COC2(C1)CNC2.CN1CC2CCNC2C1. The Hall–Kier alpha value is -0.160. The molecule has 0 aromatic carbocycles. The summed E-state index contributed by atoms with van der Waals surface area (Å²) >= 11 is 0. The molecule has 2 unspecified atom stereocenters. The molecular weight excluding hydrogens is 214 g/mol. The van der Waals surface area contributed by atoms with E-state index < -0.39 is 0 Å². The third kappa shape index (κ3) is 2.50. The molecular formula is C13H25N3O. The molecule has 4 nitrogen and oxygen atoms in total. The second-order valence-corrected chi connectivity index (χ2v) is 6.07. The van der Waals surface area contributed by atoms with E-state index in [0.717, 1.165) is 31.7 Å². The summed E-state index contributed by atoms with van der Waals surface area (Å²) < 4.78 is 5.51. The molecule has 4 fully saturated rings. The molecule has 98 valence electrons. The van der Waals surface area contributed by atoms with Crippen LogP contribution in [0.4, 0.5) is 0 Å². The standard InChI is InChI=1S/C7H14N2.C6H11NO/c1-9-4-6-2-3-8-7(6)5-9;1-2-6(8-3-1)4-7-5-6/h6-8H,2-5H2,1H3;7H,1-5H2. The zero-order chi connectivity index (χ0) is 11.7. The first-order valence-corrected chi connectivity index (χ1v) is 7.04. The maximum absolute atomic E-state index is 5.51. The molecule has 17 heavy (non-hydrogen) atoms. The van der Waals surface area contributed by atoms with Gasteiger partial charge in [-0.3, -0.25) is 0 Å². The Bertz CT molecular complexity index is 247. The number of hydrogen-bond acceptors (Lipinski definition) is 4. The van der Waals surface area contributed by atoms with Crippen molar-refractivity contribution in [1.82, 2.24) is 15.5 Å². The third-order valence-electron chi connectivity index (χ3n) is 4.62. The highest BCUT2D eigenvalue weighted by Crippen LogP contribution is 2.28. The highest BCUT2D eigenvalue weighted by atomic mass is 16.5. The maximum atomic E-state index is 5.51. The molecule has 2 atom stereocenters. The largest absolute Gasteiger partial charge is 0.372 e. The first-order valence-electron chi connectivity index (χ1n) is 7.04. The summed E-state index contributed by atoms with van der Waals surface area (Å²) in [4.78, 5) is 2.42. The van der Waals surface area contributed by atoms with E-state index >= 15 is 0 Å². The van der Waals surface area contributed by atoms with Gasteiger partial charge in [0.15, 0.2) is 0 Å². The molecule has 1 spiro atoms. The lowest BCUT2D eigenvalue weighted by Crippen LogP contribution is -2.58. The third-order valence-corrected chi connectivity index (χ3v) is 4.62. The topological polar surface area (TPSA) is 36.5 Å². The van der Waals surface area contributed by atoms with E-state index in [2.05, 4.69) is 22.6 Å². The molecule has 4 aliphatic rings. The predicted octanol–water partition coefficient (Wildman–Crippen LogP) is 0.0487. The van der Waals surface area contributed by atoms with Crippen LogP contribution >= 0.6 is 0 Å². The molecule has 0 saturated carbocycles. The Labute approximate surface area is 104 Å². The van der Waals surface area contributed by atoms with Gasteiger partial charge in [-0.1, -0.05) is 0 Å². The van der Waals surface area contributed by atoms with E-state index in [0.29, 0.717) is 5.60 Å². The van der Waals surface area contributed by atoms with Gasteiger partial charge in [-0.05, 0) is 38.8 Å². The molecule has 2 N–H and O–H groups in total. The number of likely N-dealkylation sites (N-methyl/N-ethyl adjacent to an activating group) is 1. The van der Waals surface area contributed by atoms with E-state index in [1.807, 2.05) is 0 Å². The van der Waals surface area contributed by atoms with Gasteiger partial charge in [0.1, 0.15) is 0 Å². The lowest BCUT2D eigenvalue weighted by atomic mass is 9.94. The molecule has 4 aliphatic heterocycles. The summed E-state index contributed by atoms with van der Waals surface area (Å²) in [5.41, 5.74) is 0.306. The molecule has 0 aromatic rings. The first-order chi connectivity index (χ1) is 8.27. The maximum Gasteiger partial charge on any atom is 0.0930 e. The van der Waals surface area contributed by atoms with Crippen LogP contribution in [0.5, 0.6) is 0 Å². The minimum Gasteiger partial charge on any atom is -0.372 e. The van der Waals surface area contributed by atoms with E-state index in [4.69, 9.17) is 4.74 Å². The normalized spacial score (nSPS) is 38.6. The molecule has 0 bridgehead atoms. The van der Waals surface area contributed by atoms with Crippen LogP contribution in [0.25, 0.3) is 0 Å². The van der Waals surface area contributed by atoms with Crippen molar-refractivity contribution in [2.75, 3.05) is 46.4 Å². The van der Waals surface area contributed by atoms with Crippen LogP contribution in [0.3, 0.4) is 0 Å². The van der Waals surface area contributed by atoms with E-state index in [-0.39, 0.29) is 0 Å². The number of rotatable bonds is 0. The van der Waals surface area contributed by atoms with Gasteiger partial charge in [-0.25, -0.2) is 0 Å². The van der Waals surface area contributed by atoms with Crippen LogP contribution in [0, 0.1) is 5.92 Å². The molecule has 4 saturated heterocycles. The summed E-state index contributed by atoms with van der Waals surface area (Å²) in [5.74, 6) is 0.968. The molecule has 0 radical (unpaired) electrons. The van der Waals surface area contributed by atoms with Gasteiger partial charge < -0.3 is 20.3 Å². The fourth-order valence-electron chi connectivity index (χ4n) is 3.50. The van der Waals surface area contributed by atoms with Crippen molar-refractivity contribution >= 4 is 0 Å². The molecule has 4 rings (SSSR count). The number of nitrogens with one attached hydrogen (secondary N) is 2. The van der Waals surface area contributed by atoms with Gasteiger partial charge in [0.05, 0.1) is 5.60 Å². The van der Waals surface area contributed by atoms with Gasteiger partial charge in [0, 0.05) is 38.8 Å². The lowest BCUT2D eigenvalue weighted by molar-refractivity contribution is -0.0358. The van der Waals surface area contributed by atoms with Crippen molar-refractivity contribution in [3.05, 3.63) is 0 Å².